The van der Waals surface area contributed by atoms with Gasteiger partial charge in [0.05, 0.1) is 5.56 Å². The van der Waals surface area contributed by atoms with Crippen molar-refractivity contribution in [2.75, 3.05) is 10.6 Å². The van der Waals surface area contributed by atoms with Gasteiger partial charge in [-0.3, -0.25) is 4.79 Å². The number of aryl methyl sites for hydroxylation is 1. The predicted molar refractivity (Wildman–Crippen MR) is 95.8 cm³/mol. The summed E-state index contributed by atoms with van der Waals surface area (Å²) in [7, 11) is 0. The molecule has 0 aliphatic rings. The molecular weight excluding hydrogens is 376 g/mol. The highest BCUT2D eigenvalue weighted by molar-refractivity contribution is 6.03. The monoisotopic (exact) mass is 390 g/mol. The Morgan fingerprint density at radius 1 is 0.964 bits per heavy atom. The van der Waals surface area contributed by atoms with Crippen molar-refractivity contribution in [1.82, 2.24) is 9.97 Å². The molecule has 2 aromatic carbocycles. The van der Waals surface area contributed by atoms with Crippen molar-refractivity contribution < 1.29 is 22.4 Å². The van der Waals surface area contributed by atoms with Gasteiger partial charge in [0, 0.05) is 17.4 Å². The summed E-state index contributed by atoms with van der Waals surface area (Å²) in [5.74, 6) is -0.488. The maximum absolute atomic E-state index is 13.3. The van der Waals surface area contributed by atoms with Crippen LogP contribution < -0.4 is 10.6 Å². The third-order valence-corrected chi connectivity index (χ3v) is 3.64. The van der Waals surface area contributed by atoms with Crippen LogP contribution in [0.5, 0.6) is 0 Å². The quantitative estimate of drug-likeness (QED) is 0.620. The molecular formula is C19H14F4N4O. The highest BCUT2D eigenvalue weighted by atomic mass is 19.4. The lowest BCUT2D eigenvalue weighted by Crippen LogP contribution is -2.15. The van der Waals surface area contributed by atoms with Crippen molar-refractivity contribution in [3.63, 3.8) is 0 Å². The number of anilines is 3. The fourth-order valence-corrected chi connectivity index (χ4v) is 2.40. The van der Waals surface area contributed by atoms with Crippen LogP contribution in [0.15, 0.2) is 54.6 Å². The van der Waals surface area contributed by atoms with Crippen LogP contribution >= 0.6 is 0 Å². The number of hydrogen-bond donors (Lipinski definition) is 2. The third-order valence-electron chi connectivity index (χ3n) is 3.64. The van der Waals surface area contributed by atoms with Gasteiger partial charge in [-0.25, -0.2) is 14.4 Å². The standard InChI is InChI=1S/C19H14F4N4O/c1-11-24-16(10-17(25-11)26-15-4-2-3-13(20)9-15)18(28)27-14-7-5-12(6-8-14)19(21,22)23/h2-10H,1H3,(H,27,28)(H,24,25,26). The molecule has 0 atom stereocenters. The molecule has 5 nitrogen and oxygen atoms in total. The first kappa shape index (κ1) is 19.3. The second kappa shape index (κ2) is 7.63. The van der Waals surface area contributed by atoms with Gasteiger partial charge in [0.1, 0.15) is 23.2 Å². The Kier molecular flexibility index (Phi) is 5.25. The Balaban J connectivity index is 1.77. The summed E-state index contributed by atoms with van der Waals surface area (Å²) >= 11 is 0. The van der Waals surface area contributed by atoms with E-state index in [2.05, 4.69) is 20.6 Å². The van der Waals surface area contributed by atoms with E-state index in [9.17, 15) is 22.4 Å². The largest absolute Gasteiger partial charge is 0.416 e. The van der Waals surface area contributed by atoms with Crippen molar-refractivity contribution >= 4 is 23.1 Å². The zero-order valence-corrected chi connectivity index (χ0v) is 14.5. The Labute approximate surface area is 157 Å². The smallest absolute Gasteiger partial charge is 0.340 e. The van der Waals surface area contributed by atoms with Crippen LogP contribution in [0.4, 0.5) is 34.8 Å². The van der Waals surface area contributed by atoms with E-state index in [1.54, 1.807) is 13.0 Å². The molecule has 144 valence electrons. The molecule has 3 rings (SSSR count). The number of amides is 1. The van der Waals surface area contributed by atoms with Gasteiger partial charge in [-0.2, -0.15) is 13.2 Å². The van der Waals surface area contributed by atoms with E-state index in [0.717, 1.165) is 24.3 Å². The maximum atomic E-state index is 13.3. The Morgan fingerprint density at radius 3 is 2.32 bits per heavy atom. The lowest BCUT2D eigenvalue weighted by Gasteiger charge is -2.10. The summed E-state index contributed by atoms with van der Waals surface area (Å²) in [4.78, 5) is 20.6. The van der Waals surface area contributed by atoms with Gasteiger partial charge >= 0.3 is 6.18 Å². The summed E-state index contributed by atoms with van der Waals surface area (Å²) in [6.07, 6.45) is -4.45. The van der Waals surface area contributed by atoms with Crippen molar-refractivity contribution in [2.24, 2.45) is 0 Å². The van der Waals surface area contributed by atoms with Crippen molar-refractivity contribution in [1.29, 1.82) is 0 Å². The average molecular weight is 390 g/mol. The number of nitrogens with one attached hydrogen (secondary N) is 2. The third kappa shape index (κ3) is 4.81. The number of halogens is 4. The van der Waals surface area contributed by atoms with Gasteiger partial charge < -0.3 is 10.6 Å². The number of alkyl halides is 3. The van der Waals surface area contributed by atoms with Gasteiger partial charge in [0.2, 0.25) is 0 Å². The number of carbonyl (C=O) groups is 1. The number of nitrogens with zero attached hydrogens (tertiary/aromatic N) is 2. The minimum atomic E-state index is -4.45. The lowest BCUT2D eigenvalue weighted by atomic mass is 10.2. The first-order valence-corrected chi connectivity index (χ1v) is 8.07. The maximum Gasteiger partial charge on any atom is 0.416 e. The Hall–Kier alpha value is -3.49. The van der Waals surface area contributed by atoms with Crippen molar-refractivity contribution in [2.45, 2.75) is 13.1 Å². The fraction of sp³-hybridized carbons (Fsp3) is 0.105. The lowest BCUT2D eigenvalue weighted by molar-refractivity contribution is -0.137. The highest BCUT2D eigenvalue weighted by Gasteiger charge is 2.30. The number of carbonyl (C=O) groups excluding carboxylic acids is 1. The van der Waals surface area contributed by atoms with E-state index in [-0.39, 0.29) is 17.2 Å². The molecule has 1 heterocycles. The molecule has 0 fully saturated rings. The van der Waals surface area contributed by atoms with E-state index in [1.807, 2.05) is 0 Å². The molecule has 0 unspecified atom stereocenters. The molecule has 3 aromatic rings. The second-order valence-corrected chi connectivity index (χ2v) is 5.85. The highest BCUT2D eigenvalue weighted by Crippen LogP contribution is 2.29. The zero-order valence-electron chi connectivity index (χ0n) is 14.5. The molecule has 1 aromatic heterocycles. The Bertz CT molecular complexity index is 1000. The fourth-order valence-electron chi connectivity index (χ4n) is 2.40. The molecule has 9 heteroatoms. The molecule has 0 radical (unpaired) electrons. The van der Waals surface area contributed by atoms with E-state index >= 15 is 0 Å². The van der Waals surface area contributed by atoms with E-state index in [1.165, 1.54) is 24.3 Å². The summed E-state index contributed by atoms with van der Waals surface area (Å²) < 4.78 is 51.1. The van der Waals surface area contributed by atoms with Gasteiger partial charge in [-0.15, -0.1) is 0 Å². The van der Waals surface area contributed by atoms with E-state index in [4.69, 9.17) is 0 Å². The molecule has 0 bridgehead atoms. The molecule has 28 heavy (non-hydrogen) atoms. The molecule has 1 amide bonds. The Morgan fingerprint density at radius 2 is 1.68 bits per heavy atom. The normalized spacial score (nSPS) is 11.2. The molecule has 0 spiro atoms. The minimum Gasteiger partial charge on any atom is -0.340 e. The summed E-state index contributed by atoms with van der Waals surface area (Å²) in [5.41, 5.74) is -0.183. The van der Waals surface area contributed by atoms with E-state index in [0.29, 0.717) is 11.5 Å². The topological polar surface area (TPSA) is 66.9 Å². The average Bonchev–Trinajstić information content (AvgIpc) is 2.61. The van der Waals surface area contributed by atoms with E-state index < -0.39 is 23.5 Å². The molecule has 0 aliphatic carbocycles. The van der Waals surface area contributed by atoms with Gasteiger partial charge in [-0.05, 0) is 49.4 Å². The van der Waals surface area contributed by atoms with Crippen LogP contribution in [0.25, 0.3) is 0 Å². The van der Waals surface area contributed by atoms with Crippen LogP contribution in [0.3, 0.4) is 0 Å². The van der Waals surface area contributed by atoms with Crippen molar-refractivity contribution in [3.05, 3.63) is 77.5 Å². The summed E-state index contributed by atoms with van der Waals surface area (Å²) in [6.45, 7) is 1.58. The number of benzene rings is 2. The van der Waals surface area contributed by atoms with Crippen LogP contribution in [0, 0.1) is 12.7 Å². The zero-order chi connectivity index (χ0) is 20.3. The second-order valence-electron chi connectivity index (χ2n) is 5.85. The molecule has 0 aliphatic heterocycles. The number of hydrogen-bond acceptors (Lipinski definition) is 4. The SMILES string of the molecule is Cc1nc(Nc2cccc(F)c2)cc(C(=O)Nc2ccc(C(F)(F)F)cc2)n1. The summed E-state index contributed by atoms with van der Waals surface area (Å²) in [5, 5.41) is 5.35. The first-order valence-electron chi connectivity index (χ1n) is 8.07. The van der Waals surface area contributed by atoms with Gasteiger partial charge in [-0.1, -0.05) is 6.07 Å². The van der Waals surface area contributed by atoms with Crippen LogP contribution in [-0.4, -0.2) is 15.9 Å². The minimum absolute atomic E-state index is 0.00583. The predicted octanol–water partition coefficient (Wildman–Crippen LogP) is 4.94. The molecule has 2 N–H and O–H groups in total. The van der Waals surface area contributed by atoms with Crippen molar-refractivity contribution in [3.8, 4) is 0 Å². The van der Waals surface area contributed by atoms with Gasteiger partial charge in [0.25, 0.3) is 5.91 Å². The first-order chi connectivity index (χ1) is 13.2. The van der Waals surface area contributed by atoms with Crippen LogP contribution in [-0.2, 0) is 6.18 Å². The number of rotatable bonds is 4. The molecule has 0 saturated carbocycles. The van der Waals surface area contributed by atoms with Crippen LogP contribution in [0.2, 0.25) is 0 Å². The summed E-state index contributed by atoms with van der Waals surface area (Å²) in [6, 6.07) is 11.1. The van der Waals surface area contributed by atoms with Gasteiger partial charge in [0.15, 0.2) is 0 Å². The number of aromatic nitrogens is 2. The molecule has 0 saturated heterocycles. The van der Waals surface area contributed by atoms with Crippen LogP contribution in [0.1, 0.15) is 21.9 Å².